The van der Waals surface area contributed by atoms with E-state index in [1.807, 2.05) is 50.2 Å². The van der Waals surface area contributed by atoms with Gasteiger partial charge in [0.05, 0.1) is 5.25 Å². The molecule has 1 saturated heterocycles. The number of ether oxygens (including phenoxy) is 1. The molecule has 7 heteroatoms. The van der Waals surface area contributed by atoms with Crippen LogP contribution in [-0.4, -0.2) is 32.8 Å². The SMILES string of the molecule is CC(C)CN1C(=O)C(CC(=O)NCc2ccc(Oc3ccc(C(C)C)cc3)cc2)SC1=S. The van der Waals surface area contributed by atoms with Gasteiger partial charge in [-0.05, 0) is 47.2 Å². The molecule has 1 heterocycles. The van der Waals surface area contributed by atoms with E-state index in [1.54, 1.807) is 4.90 Å². The summed E-state index contributed by atoms with van der Waals surface area (Å²) in [5.74, 6) is 2.13. The molecule has 32 heavy (non-hydrogen) atoms. The van der Waals surface area contributed by atoms with Gasteiger partial charge in [-0.1, -0.05) is 75.9 Å². The Morgan fingerprint density at radius 3 is 2.22 bits per heavy atom. The number of thioether (sulfide) groups is 1. The minimum Gasteiger partial charge on any atom is -0.457 e. The molecular formula is C25H30N2O3S2. The highest BCUT2D eigenvalue weighted by atomic mass is 32.2. The van der Waals surface area contributed by atoms with Gasteiger partial charge >= 0.3 is 0 Å². The number of benzene rings is 2. The molecule has 3 rings (SSSR count). The van der Waals surface area contributed by atoms with Crippen LogP contribution in [0.15, 0.2) is 48.5 Å². The van der Waals surface area contributed by atoms with E-state index in [-0.39, 0.29) is 18.2 Å². The second-order valence-corrected chi connectivity index (χ2v) is 10.5. The van der Waals surface area contributed by atoms with Gasteiger partial charge in [0.15, 0.2) is 0 Å². The number of nitrogens with zero attached hydrogens (tertiary/aromatic N) is 1. The second kappa shape index (κ2) is 11.0. The van der Waals surface area contributed by atoms with Gasteiger partial charge in [0.2, 0.25) is 11.8 Å². The van der Waals surface area contributed by atoms with Crippen molar-refractivity contribution in [3.8, 4) is 11.5 Å². The topological polar surface area (TPSA) is 58.6 Å². The van der Waals surface area contributed by atoms with E-state index in [1.165, 1.54) is 17.3 Å². The summed E-state index contributed by atoms with van der Waals surface area (Å²) in [5.41, 5.74) is 2.24. The van der Waals surface area contributed by atoms with E-state index in [9.17, 15) is 9.59 Å². The normalized spacial score (nSPS) is 16.2. The van der Waals surface area contributed by atoms with Crippen LogP contribution in [0.4, 0.5) is 0 Å². The molecular weight excluding hydrogens is 440 g/mol. The molecule has 2 aromatic rings. The zero-order chi connectivity index (χ0) is 23.3. The molecule has 0 saturated carbocycles. The maximum atomic E-state index is 12.5. The zero-order valence-corrected chi connectivity index (χ0v) is 20.6. The molecule has 1 atom stereocenters. The predicted molar refractivity (Wildman–Crippen MR) is 134 cm³/mol. The first-order valence-corrected chi connectivity index (χ1v) is 12.2. The number of hydrogen-bond donors (Lipinski definition) is 1. The van der Waals surface area contributed by atoms with Crippen molar-refractivity contribution in [1.29, 1.82) is 0 Å². The third-order valence-corrected chi connectivity index (χ3v) is 6.70. The average Bonchev–Trinajstić information content (AvgIpc) is 3.00. The Hall–Kier alpha value is -2.38. The fourth-order valence-corrected chi connectivity index (χ4v) is 4.84. The molecule has 2 aromatic carbocycles. The molecule has 2 amide bonds. The number of carbonyl (C=O) groups is 2. The van der Waals surface area contributed by atoms with Gasteiger partial charge in [-0.2, -0.15) is 0 Å². The molecule has 0 radical (unpaired) electrons. The molecule has 0 aliphatic carbocycles. The lowest BCUT2D eigenvalue weighted by Gasteiger charge is -2.17. The number of carbonyl (C=O) groups excluding carboxylic acids is 2. The predicted octanol–water partition coefficient (Wildman–Crippen LogP) is 5.49. The van der Waals surface area contributed by atoms with Crippen LogP contribution in [0.2, 0.25) is 0 Å². The van der Waals surface area contributed by atoms with Crippen LogP contribution in [0, 0.1) is 5.92 Å². The number of thiocarbonyl (C=S) groups is 1. The molecule has 1 unspecified atom stereocenters. The third-order valence-electron chi connectivity index (χ3n) is 5.12. The first-order valence-electron chi connectivity index (χ1n) is 10.9. The van der Waals surface area contributed by atoms with Crippen LogP contribution in [0.3, 0.4) is 0 Å². The minimum absolute atomic E-state index is 0.0632. The summed E-state index contributed by atoms with van der Waals surface area (Å²) in [5, 5.41) is 2.46. The molecule has 0 aromatic heterocycles. The molecule has 170 valence electrons. The Kier molecular flexibility index (Phi) is 8.32. The summed E-state index contributed by atoms with van der Waals surface area (Å²) >= 11 is 6.62. The maximum absolute atomic E-state index is 12.5. The fourth-order valence-electron chi connectivity index (χ4n) is 3.33. The van der Waals surface area contributed by atoms with Crippen molar-refractivity contribution < 1.29 is 14.3 Å². The number of nitrogens with one attached hydrogen (secondary N) is 1. The van der Waals surface area contributed by atoms with Gasteiger partial charge in [-0.25, -0.2) is 0 Å². The lowest BCUT2D eigenvalue weighted by Crippen LogP contribution is -2.36. The van der Waals surface area contributed by atoms with Crippen molar-refractivity contribution >= 4 is 40.1 Å². The summed E-state index contributed by atoms with van der Waals surface area (Å²) in [6, 6.07) is 15.7. The van der Waals surface area contributed by atoms with Gasteiger partial charge in [0, 0.05) is 19.5 Å². The Bertz CT molecular complexity index is 956. The quantitative estimate of drug-likeness (QED) is 0.491. The first-order chi connectivity index (χ1) is 15.2. The number of amides is 2. The van der Waals surface area contributed by atoms with Gasteiger partial charge in [0.25, 0.3) is 0 Å². The van der Waals surface area contributed by atoms with Gasteiger partial charge < -0.3 is 10.1 Å². The van der Waals surface area contributed by atoms with Gasteiger partial charge in [-0.15, -0.1) is 0 Å². The molecule has 0 spiro atoms. The highest BCUT2D eigenvalue weighted by Gasteiger charge is 2.38. The van der Waals surface area contributed by atoms with E-state index in [0.717, 1.165) is 17.1 Å². The van der Waals surface area contributed by atoms with Crippen molar-refractivity contribution in [3.05, 3.63) is 59.7 Å². The Morgan fingerprint density at radius 2 is 1.66 bits per heavy atom. The van der Waals surface area contributed by atoms with Crippen molar-refractivity contribution in [2.75, 3.05) is 6.54 Å². The lowest BCUT2D eigenvalue weighted by molar-refractivity contribution is -0.129. The summed E-state index contributed by atoms with van der Waals surface area (Å²) in [6.45, 7) is 9.40. The number of rotatable bonds is 9. The fraction of sp³-hybridized carbons (Fsp3) is 0.400. The van der Waals surface area contributed by atoms with Crippen LogP contribution in [0.1, 0.15) is 51.2 Å². The average molecular weight is 471 g/mol. The summed E-state index contributed by atoms with van der Waals surface area (Å²) in [6.07, 6.45) is 0.131. The standard InChI is InChI=1S/C25H30N2O3S2/c1-16(2)15-27-24(29)22(32-25(27)31)13-23(28)26-14-18-5-9-20(10-6-18)30-21-11-7-19(8-12-21)17(3)4/h5-12,16-17,22H,13-15H2,1-4H3,(H,26,28). The van der Waals surface area contributed by atoms with Crippen LogP contribution >= 0.6 is 24.0 Å². The van der Waals surface area contributed by atoms with Crippen LogP contribution < -0.4 is 10.1 Å². The molecule has 1 aliphatic rings. The molecule has 5 nitrogen and oxygen atoms in total. The van der Waals surface area contributed by atoms with E-state index < -0.39 is 5.25 Å². The third kappa shape index (κ3) is 6.56. The molecule has 1 fully saturated rings. The van der Waals surface area contributed by atoms with E-state index in [4.69, 9.17) is 17.0 Å². The highest BCUT2D eigenvalue weighted by molar-refractivity contribution is 8.24. The maximum Gasteiger partial charge on any atom is 0.242 e. The van der Waals surface area contributed by atoms with Gasteiger partial charge in [-0.3, -0.25) is 14.5 Å². The lowest BCUT2D eigenvalue weighted by atomic mass is 10.0. The van der Waals surface area contributed by atoms with Crippen molar-refractivity contribution in [1.82, 2.24) is 10.2 Å². The Balaban J connectivity index is 1.47. The van der Waals surface area contributed by atoms with E-state index in [0.29, 0.717) is 29.2 Å². The first kappa shape index (κ1) is 24.3. The molecule has 1 aliphatic heterocycles. The van der Waals surface area contributed by atoms with E-state index >= 15 is 0 Å². The van der Waals surface area contributed by atoms with Crippen molar-refractivity contribution in [2.24, 2.45) is 5.92 Å². The van der Waals surface area contributed by atoms with Crippen molar-refractivity contribution in [2.45, 2.75) is 51.8 Å². The molecule has 1 N–H and O–H groups in total. The highest BCUT2D eigenvalue weighted by Crippen LogP contribution is 2.30. The number of hydrogen-bond acceptors (Lipinski definition) is 5. The summed E-state index contributed by atoms with van der Waals surface area (Å²) in [4.78, 5) is 26.5. The van der Waals surface area contributed by atoms with Crippen LogP contribution in [-0.2, 0) is 16.1 Å². The minimum atomic E-state index is -0.431. The Labute approximate surface area is 199 Å². The zero-order valence-electron chi connectivity index (χ0n) is 19.0. The van der Waals surface area contributed by atoms with Crippen LogP contribution in [0.25, 0.3) is 0 Å². The van der Waals surface area contributed by atoms with Crippen LogP contribution in [0.5, 0.6) is 11.5 Å². The second-order valence-electron chi connectivity index (χ2n) is 8.67. The smallest absolute Gasteiger partial charge is 0.242 e. The van der Waals surface area contributed by atoms with Crippen molar-refractivity contribution in [3.63, 3.8) is 0 Å². The summed E-state index contributed by atoms with van der Waals surface area (Å²) < 4.78 is 6.46. The largest absolute Gasteiger partial charge is 0.457 e. The van der Waals surface area contributed by atoms with E-state index in [2.05, 4.69) is 31.3 Å². The summed E-state index contributed by atoms with van der Waals surface area (Å²) in [7, 11) is 0. The monoisotopic (exact) mass is 470 g/mol. The molecule has 0 bridgehead atoms. The van der Waals surface area contributed by atoms with Gasteiger partial charge in [0.1, 0.15) is 15.8 Å². The Morgan fingerprint density at radius 1 is 1.06 bits per heavy atom.